The van der Waals surface area contributed by atoms with Gasteiger partial charge in [0, 0.05) is 31.9 Å². The van der Waals surface area contributed by atoms with Crippen molar-refractivity contribution in [1.82, 2.24) is 24.9 Å². The highest BCUT2D eigenvalue weighted by molar-refractivity contribution is 5.34. The van der Waals surface area contributed by atoms with Crippen LogP contribution in [0.5, 0.6) is 0 Å². The van der Waals surface area contributed by atoms with Gasteiger partial charge in [0.05, 0.1) is 6.54 Å². The Hall–Kier alpha value is -2.51. The average Bonchev–Trinajstić information content (AvgIpc) is 3.07. The average molecular weight is 314 g/mol. The number of hydrogen-bond donors (Lipinski definition) is 2. The van der Waals surface area contributed by atoms with Crippen LogP contribution in [0.4, 0.5) is 17.8 Å². The van der Waals surface area contributed by atoms with Crippen molar-refractivity contribution in [3.8, 4) is 0 Å². The SMILES string of the molecule is CN(C)c1nc(N)nc(CNc2nccc(C3CCCC3)n2)n1. The van der Waals surface area contributed by atoms with E-state index in [9.17, 15) is 0 Å². The molecule has 2 heterocycles. The van der Waals surface area contributed by atoms with Crippen LogP contribution in [0.25, 0.3) is 0 Å². The van der Waals surface area contributed by atoms with Gasteiger partial charge in [-0.25, -0.2) is 9.97 Å². The van der Waals surface area contributed by atoms with Crippen LogP contribution in [0.1, 0.15) is 43.1 Å². The van der Waals surface area contributed by atoms with E-state index in [2.05, 4.69) is 30.2 Å². The van der Waals surface area contributed by atoms with E-state index in [4.69, 9.17) is 5.73 Å². The van der Waals surface area contributed by atoms with E-state index in [1.165, 1.54) is 25.7 Å². The van der Waals surface area contributed by atoms with Gasteiger partial charge in [0.15, 0.2) is 5.82 Å². The molecule has 0 spiro atoms. The van der Waals surface area contributed by atoms with E-state index in [0.717, 1.165) is 5.69 Å². The molecule has 1 saturated carbocycles. The number of nitrogens with zero attached hydrogens (tertiary/aromatic N) is 6. The monoisotopic (exact) mass is 314 g/mol. The third-order valence-electron chi connectivity index (χ3n) is 3.94. The minimum Gasteiger partial charge on any atom is -0.368 e. The molecule has 1 fully saturated rings. The molecule has 1 aliphatic rings. The van der Waals surface area contributed by atoms with E-state index < -0.39 is 0 Å². The minimum atomic E-state index is 0.209. The topological polar surface area (TPSA) is 106 Å². The van der Waals surface area contributed by atoms with Crippen LogP contribution < -0.4 is 16.0 Å². The highest BCUT2D eigenvalue weighted by Crippen LogP contribution is 2.32. The van der Waals surface area contributed by atoms with Crippen molar-refractivity contribution in [2.75, 3.05) is 30.0 Å². The second-order valence-electron chi connectivity index (χ2n) is 5.94. The summed E-state index contributed by atoms with van der Waals surface area (Å²) in [5, 5.41) is 3.17. The molecule has 8 heteroatoms. The lowest BCUT2D eigenvalue weighted by Gasteiger charge is -2.12. The predicted octanol–water partition coefficient (Wildman–Crippen LogP) is 1.58. The molecule has 122 valence electrons. The van der Waals surface area contributed by atoms with Crippen LogP contribution in [0.15, 0.2) is 12.3 Å². The van der Waals surface area contributed by atoms with Gasteiger partial charge in [0.25, 0.3) is 0 Å². The van der Waals surface area contributed by atoms with Crippen molar-refractivity contribution in [1.29, 1.82) is 0 Å². The lowest BCUT2D eigenvalue weighted by atomic mass is 10.0. The quantitative estimate of drug-likeness (QED) is 0.857. The van der Waals surface area contributed by atoms with Crippen molar-refractivity contribution in [3.63, 3.8) is 0 Å². The van der Waals surface area contributed by atoms with Gasteiger partial charge in [-0.05, 0) is 18.9 Å². The molecule has 23 heavy (non-hydrogen) atoms. The fourth-order valence-electron chi connectivity index (χ4n) is 2.77. The van der Waals surface area contributed by atoms with Crippen LogP contribution >= 0.6 is 0 Å². The molecule has 0 saturated heterocycles. The van der Waals surface area contributed by atoms with Crippen molar-refractivity contribution in [3.05, 3.63) is 23.8 Å². The molecule has 3 rings (SSSR count). The Kier molecular flexibility index (Phi) is 4.50. The first-order valence-electron chi connectivity index (χ1n) is 7.86. The van der Waals surface area contributed by atoms with E-state index in [1.807, 2.05) is 20.2 Å². The largest absolute Gasteiger partial charge is 0.368 e. The van der Waals surface area contributed by atoms with Crippen molar-refractivity contribution in [2.45, 2.75) is 38.1 Å². The van der Waals surface area contributed by atoms with Crippen molar-refractivity contribution < 1.29 is 0 Å². The first kappa shape index (κ1) is 15.4. The smallest absolute Gasteiger partial charge is 0.229 e. The second kappa shape index (κ2) is 6.72. The van der Waals surface area contributed by atoms with Crippen LogP contribution in [0.3, 0.4) is 0 Å². The second-order valence-corrected chi connectivity index (χ2v) is 5.94. The standard InChI is InChI=1S/C15H22N8/c1-23(2)15-21-12(20-13(16)22-15)9-18-14-17-8-7-11(19-14)10-5-3-4-6-10/h7-8,10H,3-6,9H2,1-2H3,(H,17,18,19)(H2,16,20,21,22). The van der Waals surface area contributed by atoms with Gasteiger partial charge in [-0.15, -0.1) is 0 Å². The number of nitrogen functional groups attached to an aromatic ring is 1. The van der Waals surface area contributed by atoms with Crippen molar-refractivity contribution in [2.24, 2.45) is 0 Å². The normalized spacial score (nSPS) is 14.9. The van der Waals surface area contributed by atoms with Crippen LogP contribution in [0, 0.1) is 0 Å². The van der Waals surface area contributed by atoms with Crippen LogP contribution in [-0.2, 0) is 6.54 Å². The third-order valence-corrected chi connectivity index (χ3v) is 3.94. The van der Waals surface area contributed by atoms with E-state index in [0.29, 0.717) is 30.2 Å². The van der Waals surface area contributed by atoms with Gasteiger partial charge in [0.1, 0.15) is 0 Å². The highest BCUT2D eigenvalue weighted by atomic mass is 15.3. The maximum atomic E-state index is 5.73. The number of hydrogen-bond acceptors (Lipinski definition) is 8. The van der Waals surface area contributed by atoms with Gasteiger partial charge >= 0.3 is 0 Å². The lowest BCUT2D eigenvalue weighted by Crippen LogP contribution is -2.17. The van der Waals surface area contributed by atoms with Gasteiger partial charge in [-0.1, -0.05) is 12.8 Å². The summed E-state index contributed by atoms with van der Waals surface area (Å²) in [7, 11) is 3.72. The Balaban J connectivity index is 1.69. The summed E-state index contributed by atoms with van der Waals surface area (Å²) in [6.45, 7) is 0.404. The number of rotatable bonds is 5. The fourth-order valence-corrected chi connectivity index (χ4v) is 2.77. The Morgan fingerprint density at radius 1 is 1.17 bits per heavy atom. The minimum absolute atomic E-state index is 0.209. The van der Waals surface area contributed by atoms with Gasteiger partial charge in [-0.3, -0.25) is 0 Å². The predicted molar refractivity (Wildman–Crippen MR) is 89.1 cm³/mol. The summed E-state index contributed by atoms with van der Waals surface area (Å²) in [5.41, 5.74) is 6.84. The summed E-state index contributed by atoms with van der Waals surface area (Å²) in [5.74, 6) is 2.47. The molecule has 0 atom stereocenters. The summed E-state index contributed by atoms with van der Waals surface area (Å²) in [6, 6.07) is 2.01. The zero-order valence-electron chi connectivity index (χ0n) is 13.5. The van der Waals surface area contributed by atoms with Crippen LogP contribution in [-0.4, -0.2) is 39.0 Å². The van der Waals surface area contributed by atoms with E-state index in [-0.39, 0.29) is 5.95 Å². The molecule has 1 aliphatic carbocycles. The summed E-state index contributed by atoms with van der Waals surface area (Å²) in [6.07, 6.45) is 6.80. The lowest BCUT2D eigenvalue weighted by molar-refractivity contribution is 0.694. The van der Waals surface area contributed by atoms with Crippen LogP contribution in [0.2, 0.25) is 0 Å². The third kappa shape index (κ3) is 3.82. The molecular weight excluding hydrogens is 292 g/mol. The van der Waals surface area contributed by atoms with Gasteiger partial charge in [-0.2, -0.15) is 15.0 Å². The van der Waals surface area contributed by atoms with Gasteiger partial charge in [0.2, 0.25) is 17.8 Å². The maximum absolute atomic E-state index is 5.73. The highest BCUT2D eigenvalue weighted by Gasteiger charge is 2.18. The summed E-state index contributed by atoms with van der Waals surface area (Å²) < 4.78 is 0. The number of nitrogens with one attached hydrogen (secondary N) is 1. The molecule has 0 aliphatic heterocycles. The van der Waals surface area contributed by atoms with Crippen molar-refractivity contribution >= 4 is 17.8 Å². The Morgan fingerprint density at radius 2 is 1.96 bits per heavy atom. The Morgan fingerprint density at radius 3 is 2.70 bits per heavy atom. The fraction of sp³-hybridized carbons (Fsp3) is 0.533. The Labute approximate surface area is 135 Å². The molecule has 0 unspecified atom stereocenters. The molecule has 2 aromatic rings. The molecule has 8 nitrogen and oxygen atoms in total. The maximum Gasteiger partial charge on any atom is 0.229 e. The zero-order chi connectivity index (χ0) is 16.2. The first-order chi connectivity index (χ1) is 11.1. The molecule has 0 aromatic carbocycles. The molecule has 3 N–H and O–H groups in total. The number of nitrogens with two attached hydrogens (primary N) is 1. The van der Waals surface area contributed by atoms with Gasteiger partial charge < -0.3 is 16.0 Å². The number of anilines is 3. The molecule has 0 radical (unpaired) electrons. The van der Waals surface area contributed by atoms with E-state index >= 15 is 0 Å². The Bertz CT molecular complexity index is 666. The molecule has 0 bridgehead atoms. The first-order valence-corrected chi connectivity index (χ1v) is 7.86. The zero-order valence-corrected chi connectivity index (χ0v) is 13.5. The molecule has 2 aromatic heterocycles. The summed E-state index contributed by atoms with van der Waals surface area (Å²) >= 11 is 0. The molecular formula is C15H22N8. The molecule has 0 amide bonds. The summed E-state index contributed by atoms with van der Waals surface area (Å²) in [4.78, 5) is 23.2. The number of aromatic nitrogens is 5. The van der Waals surface area contributed by atoms with E-state index in [1.54, 1.807) is 11.1 Å².